The summed E-state index contributed by atoms with van der Waals surface area (Å²) in [5, 5.41) is 2.66. The number of methoxy groups -OCH3 is 1. The van der Waals surface area contributed by atoms with Gasteiger partial charge in [-0.05, 0) is 48.5 Å². The fraction of sp³-hybridized carbons (Fsp3) is 0.125. The third-order valence-electron chi connectivity index (χ3n) is 3.21. The first kappa shape index (κ1) is 18.4. The van der Waals surface area contributed by atoms with Crippen LogP contribution in [0.4, 0.5) is 5.69 Å². The van der Waals surface area contributed by atoms with E-state index in [1.807, 2.05) is 0 Å². The van der Waals surface area contributed by atoms with Crippen molar-refractivity contribution in [3.05, 3.63) is 54.1 Å². The Morgan fingerprint density at radius 2 is 1.64 bits per heavy atom. The zero-order chi connectivity index (χ0) is 18.4. The van der Waals surface area contributed by atoms with E-state index >= 15 is 0 Å². The van der Waals surface area contributed by atoms with Crippen LogP contribution < -0.4 is 20.5 Å². The van der Waals surface area contributed by atoms with Crippen molar-refractivity contribution in [2.24, 2.45) is 5.73 Å². The molecule has 0 saturated heterocycles. The zero-order valence-electron chi connectivity index (χ0n) is 13.4. The minimum Gasteiger partial charge on any atom is -0.497 e. The summed E-state index contributed by atoms with van der Waals surface area (Å²) in [6, 6.07) is 12.1. The number of anilines is 1. The summed E-state index contributed by atoms with van der Waals surface area (Å²) in [5.74, 6) is -0.494. The van der Waals surface area contributed by atoms with Crippen molar-refractivity contribution in [3.8, 4) is 5.75 Å². The molecule has 0 aromatic heterocycles. The lowest BCUT2D eigenvalue weighted by Gasteiger charge is -2.08. The Morgan fingerprint density at radius 3 is 2.16 bits per heavy atom. The summed E-state index contributed by atoms with van der Waals surface area (Å²) in [4.78, 5) is 22.8. The number of hydrogen-bond acceptors (Lipinski definition) is 5. The monoisotopic (exact) mass is 363 g/mol. The lowest BCUT2D eigenvalue weighted by molar-refractivity contribution is -0.116. The molecule has 0 spiro atoms. The van der Waals surface area contributed by atoms with E-state index in [2.05, 4.69) is 10.0 Å². The van der Waals surface area contributed by atoms with Crippen molar-refractivity contribution in [1.82, 2.24) is 4.72 Å². The SMILES string of the molecule is COc1ccc(C(=O)Nc2ccc(S(=O)(=O)NCC(N)=O)cc2)cc1. The molecule has 0 aliphatic heterocycles. The van der Waals surface area contributed by atoms with Gasteiger partial charge in [-0.1, -0.05) is 0 Å². The Morgan fingerprint density at radius 1 is 1.04 bits per heavy atom. The summed E-state index contributed by atoms with van der Waals surface area (Å²) < 4.78 is 31.0. The molecule has 2 aromatic carbocycles. The van der Waals surface area contributed by atoms with Crippen molar-refractivity contribution in [2.45, 2.75) is 4.90 Å². The molecule has 0 bridgehead atoms. The van der Waals surface area contributed by atoms with Gasteiger partial charge in [-0.2, -0.15) is 0 Å². The van der Waals surface area contributed by atoms with Gasteiger partial charge < -0.3 is 15.8 Å². The fourth-order valence-corrected chi connectivity index (χ4v) is 2.91. The number of primary amides is 1. The minimum absolute atomic E-state index is 0.0452. The average molecular weight is 363 g/mol. The second-order valence-corrected chi connectivity index (χ2v) is 6.76. The highest BCUT2D eigenvalue weighted by Gasteiger charge is 2.15. The van der Waals surface area contributed by atoms with Crippen molar-refractivity contribution < 1.29 is 22.7 Å². The highest BCUT2D eigenvalue weighted by Crippen LogP contribution is 2.16. The molecule has 25 heavy (non-hydrogen) atoms. The average Bonchev–Trinajstić information content (AvgIpc) is 2.60. The molecule has 4 N–H and O–H groups in total. The molecule has 0 atom stereocenters. The van der Waals surface area contributed by atoms with E-state index in [-0.39, 0.29) is 10.8 Å². The van der Waals surface area contributed by atoms with Gasteiger partial charge in [-0.3, -0.25) is 9.59 Å². The number of nitrogens with two attached hydrogens (primary N) is 1. The van der Waals surface area contributed by atoms with Crippen LogP contribution in [0.25, 0.3) is 0 Å². The van der Waals surface area contributed by atoms with Crippen LogP contribution in [-0.4, -0.2) is 33.9 Å². The van der Waals surface area contributed by atoms with E-state index < -0.39 is 22.5 Å². The van der Waals surface area contributed by atoms with Crippen LogP contribution in [0.15, 0.2) is 53.4 Å². The molecule has 0 radical (unpaired) electrons. The smallest absolute Gasteiger partial charge is 0.255 e. The maximum atomic E-state index is 12.1. The van der Waals surface area contributed by atoms with Gasteiger partial charge in [0.1, 0.15) is 5.75 Å². The lowest BCUT2D eigenvalue weighted by atomic mass is 10.2. The van der Waals surface area contributed by atoms with Crippen molar-refractivity contribution in [2.75, 3.05) is 19.0 Å². The van der Waals surface area contributed by atoms with E-state index in [9.17, 15) is 18.0 Å². The highest BCUT2D eigenvalue weighted by molar-refractivity contribution is 7.89. The van der Waals surface area contributed by atoms with Crippen LogP contribution in [0.3, 0.4) is 0 Å². The first-order valence-corrected chi connectivity index (χ1v) is 8.63. The topological polar surface area (TPSA) is 128 Å². The van der Waals surface area contributed by atoms with Gasteiger partial charge in [0.15, 0.2) is 0 Å². The molecule has 0 fully saturated rings. The Hall–Kier alpha value is -2.91. The second-order valence-electron chi connectivity index (χ2n) is 5.00. The maximum Gasteiger partial charge on any atom is 0.255 e. The Labute approximate surface area is 145 Å². The molecule has 0 aliphatic rings. The molecule has 2 amide bonds. The second kappa shape index (κ2) is 7.77. The van der Waals surface area contributed by atoms with Crippen LogP contribution in [0.2, 0.25) is 0 Å². The molecule has 0 heterocycles. The van der Waals surface area contributed by atoms with Gasteiger partial charge >= 0.3 is 0 Å². The molecule has 0 unspecified atom stereocenters. The van der Waals surface area contributed by atoms with Crippen LogP contribution in [0.1, 0.15) is 10.4 Å². The van der Waals surface area contributed by atoms with Crippen LogP contribution in [0, 0.1) is 0 Å². The summed E-state index contributed by atoms with van der Waals surface area (Å²) >= 11 is 0. The molecular formula is C16H17N3O5S. The molecule has 2 aromatic rings. The van der Waals surface area contributed by atoms with Gasteiger partial charge in [0.05, 0.1) is 18.6 Å². The fourth-order valence-electron chi connectivity index (χ4n) is 1.91. The quantitative estimate of drug-likeness (QED) is 0.667. The predicted octanol–water partition coefficient (Wildman–Crippen LogP) is 0.711. The highest BCUT2D eigenvalue weighted by atomic mass is 32.2. The van der Waals surface area contributed by atoms with E-state index in [0.717, 1.165) is 0 Å². The number of amides is 2. The molecule has 9 heteroatoms. The van der Waals surface area contributed by atoms with Crippen LogP contribution >= 0.6 is 0 Å². The summed E-state index contributed by atoms with van der Waals surface area (Å²) in [6.45, 7) is -0.488. The number of carbonyl (C=O) groups is 2. The van der Waals surface area contributed by atoms with Crippen molar-refractivity contribution in [3.63, 3.8) is 0 Å². The summed E-state index contributed by atoms with van der Waals surface area (Å²) in [7, 11) is -2.31. The molecule has 132 valence electrons. The molecule has 2 rings (SSSR count). The maximum absolute atomic E-state index is 12.1. The van der Waals surface area contributed by atoms with Gasteiger partial charge in [0.25, 0.3) is 5.91 Å². The Balaban J connectivity index is 2.06. The van der Waals surface area contributed by atoms with Crippen LogP contribution in [-0.2, 0) is 14.8 Å². The minimum atomic E-state index is -3.84. The van der Waals surface area contributed by atoms with Crippen molar-refractivity contribution in [1.29, 1.82) is 0 Å². The third kappa shape index (κ3) is 5.03. The molecule has 0 saturated carbocycles. The standard InChI is InChI=1S/C16H17N3O5S/c1-24-13-6-2-11(3-7-13)16(21)19-12-4-8-14(9-5-12)25(22,23)18-10-15(17)20/h2-9,18H,10H2,1H3,(H2,17,20)(H,19,21). The number of ether oxygens (including phenoxy) is 1. The molecular weight excluding hydrogens is 346 g/mol. The third-order valence-corrected chi connectivity index (χ3v) is 4.63. The largest absolute Gasteiger partial charge is 0.497 e. The number of rotatable bonds is 7. The van der Waals surface area contributed by atoms with E-state index in [0.29, 0.717) is 17.0 Å². The number of benzene rings is 2. The Bertz CT molecular complexity index is 862. The summed E-state index contributed by atoms with van der Waals surface area (Å²) in [6.07, 6.45) is 0. The molecule has 8 nitrogen and oxygen atoms in total. The van der Waals surface area contributed by atoms with Gasteiger partial charge in [-0.15, -0.1) is 0 Å². The van der Waals surface area contributed by atoms with Gasteiger partial charge in [0.2, 0.25) is 15.9 Å². The first-order valence-electron chi connectivity index (χ1n) is 7.15. The van der Waals surface area contributed by atoms with Crippen molar-refractivity contribution >= 4 is 27.5 Å². The number of hydrogen-bond donors (Lipinski definition) is 3. The normalized spacial score (nSPS) is 10.9. The van der Waals surface area contributed by atoms with E-state index in [1.165, 1.54) is 31.4 Å². The van der Waals surface area contributed by atoms with E-state index in [1.54, 1.807) is 24.3 Å². The Kier molecular flexibility index (Phi) is 5.73. The number of nitrogens with one attached hydrogen (secondary N) is 2. The zero-order valence-corrected chi connectivity index (χ0v) is 14.2. The lowest BCUT2D eigenvalue weighted by Crippen LogP contribution is -2.33. The number of carbonyl (C=O) groups excluding carboxylic acids is 2. The van der Waals surface area contributed by atoms with Gasteiger partial charge in [-0.25, -0.2) is 13.1 Å². The van der Waals surface area contributed by atoms with E-state index in [4.69, 9.17) is 10.5 Å². The molecule has 0 aliphatic carbocycles. The summed E-state index contributed by atoms with van der Waals surface area (Å²) in [5.41, 5.74) is 5.77. The van der Waals surface area contributed by atoms with Gasteiger partial charge in [0, 0.05) is 11.3 Å². The van der Waals surface area contributed by atoms with Crippen LogP contribution in [0.5, 0.6) is 5.75 Å². The number of sulfonamides is 1. The first-order chi connectivity index (χ1) is 11.8. The predicted molar refractivity (Wildman–Crippen MR) is 91.8 cm³/mol.